The quantitative estimate of drug-likeness (QED) is 0.241. The number of hydrogen-bond acceptors (Lipinski definition) is 7. The third kappa shape index (κ3) is 7.93. The Balaban J connectivity index is 2.80. The van der Waals surface area contributed by atoms with Gasteiger partial charge in [-0.15, -0.1) is 0 Å². The minimum absolute atomic E-state index is 0.0299. The van der Waals surface area contributed by atoms with Crippen LogP contribution in [0.15, 0.2) is 12.5 Å². The number of nitrogens with zero attached hydrogens (tertiary/aromatic N) is 3. The van der Waals surface area contributed by atoms with E-state index in [0.717, 1.165) is 6.21 Å². The van der Waals surface area contributed by atoms with E-state index >= 15 is 0 Å². The molecule has 2 N–H and O–H groups in total. The number of amides is 1. The maximum absolute atomic E-state index is 12.5. The third-order valence-electron chi connectivity index (χ3n) is 3.57. The zero-order chi connectivity index (χ0) is 20.4. The molecule has 1 rings (SSSR count). The van der Waals surface area contributed by atoms with Gasteiger partial charge in [0.15, 0.2) is 0 Å². The molecule has 0 saturated heterocycles. The van der Waals surface area contributed by atoms with E-state index < -0.39 is 29.8 Å². The molecule has 2 atom stereocenters. The number of carbonyl (C=O) groups excluding carboxylic acids is 3. The van der Waals surface area contributed by atoms with Gasteiger partial charge in [-0.1, -0.05) is 0 Å². The molecular formula is C17H26N5O5+. The number of aryl methyl sites for hydroxylation is 1. The zero-order valence-corrected chi connectivity index (χ0v) is 16.0. The van der Waals surface area contributed by atoms with Gasteiger partial charge in [0.2, 0.25) is 11.7 Å². The van der Waals surface area contributed by atoms with Crippen LogP contribution in [0, 0.1) is 5.53 Å². The molecule has 0 aliphatic rings. The van der Waals surface area contributed by atoms with Gasteiger partial charge >= 0.3 is 12.2 Å². The average molecular weight is 380 g/mol. The summed E-state index contributed by atoms with van der Waals surface area (Å²) in [6, 6.07) is -1.01. The lowest BCUT2D eigenvalue weighted by atomic mass is 10.1. The number of Topliss-reactive ketones (excluding diaryl/α,β-unsaturated/α-hetero) is 1. The molecule has 0 unspecified atom stereocenters. The van der Waals surface area contributed by atoms with Gasteiger partial charge in [0, 0.05) is 33.2 Å². The van der Waals surface area contributed by atoms with Gasteiger partial charge in [0.1, 0.15) is 12.1 Å². The highest BCUT2D eigenvalue weighted by molar-refractivity contribution is 6.25. The molecule has 1 aromatic rings. The maximum atomic E-state index is 12.5. The van der Waals surface area contributed by atoms with Crippen molar-refractivity contribution in [1.82, 2.24) is 14.9 Å². The van der Waals surface area contributed by atoms with Gasteiger partial charge in [-0.05, 0) is 20.3 Å². The first-order valence-corrected chi connectivity index (χ1v) is 8.50. The van der Waals surface area contributed by atoms with E-state index in [1.807, 2.05) is 7.05 Å². The number of aromatic nitrogens is 2. The van der Waals surface area contributed by atoms with E-state index in [0.29, 0.717) is 5.69 Å². The number of methoxy groups -OCH3 is 1. The van der Waals surface area contributed by atoms with Crippen molar-refractivity contribution < 1.29 is 28.6 Å². The standard InChI is InChI=1S/C17H25N5O5/c1-11(2)27-17(25)14(6-5-13(23)8-20-18)21-16(24)15(26-4)7-12-9-22(3)10-19-12/h8-11,14-15,18H,5-7H2,1-4H3/p+1/t14-,15-/m0/s1. The molecule has 1 amide bonds. The van der Waals surface area contributed by atoms with E-state index in [1.54, 1.807) is 30.9 Å². The summed E-state index contributed by atoms with van der Waals surface area (Å²) >= 11 is 0. The Morgan fingerprint density at radius 2 is 2.11 bits per heavy atom. The van der Waals surface area contributed by atoms with Crippen LogP contribution >= 0.6 is 0 Å². The highest BCUT2D eigenvalue weighted by Crippen LogP contribution is 2.07. The molecule has 0 bridgehead atoms. The van der Waals surface area contributed by atoms with Crippen LogP contribution in [0.25, 0.3) is 0 Å². The predicted molar refractivity (Wildman–Crippen MR) is 94.2 cm³/mol. The van der Waals surface area contributed by atoms with Crippen LogP contribution in [0.3, 0.4) is 0 Å². The molecule has 0 fully saturated rings. The molecule has 27 heavy (non-hydrogen) atoms. The summed E-state index contributed by atoms with van der Waals surface area (Å²) in [6.45, 7) is 3.38. The minimum atomic E-state index is -1.01. The molecule has 0 aromatic carbocycles. The van der Waals surface area contributed by atoms with Crippen molar-refractivity contribution >= 4 is 23.9 Å². The fraction of sp³-hybridized carbons (Fsp3) is 0.588. The third-order valence-corrected chi connectivity index (χ3v) is 3.57. The second-order valence-electron chi connectivity index (χ2n) is 6.27. The van der Waals surface area contributed by atoms with Crippen molar-refractivity contribution in [1.29, 1.82) is 5.53 Å². The maximum Gasteiger partial charge on any atom is 0.372 e. The molecule has 1 aromatic heterocycles. The van der Waals surface area contributed by atoms with Crippen LogP contribution in [0.5, 0.6) is 0 Å². The summed E-state index contributed by atoms with van der Waals surface area (Å²) in [5.41, 5.74) is 7.33. The zero-order valence-electron chi connectivity index (χ0n) is 16.0. The van der Waals surface area contributed by atoms with Crippen LogP contribution in [0.1, 0.15) is 32.4 Å². The van der Waals surface area contributed by atoms with E-state index in [-0.39, 0.29) is 25.4 Å². The second-order valence-corrected chi connectivity index (χ2v) is 6.27. The summed E-state index contributed by atoms with van der Waals surface area (Å²) < 4.78 is 12.1. The predicted octanol–water partition coefficient (Wildman–Crippen LogP) is 0.0733. The Labute approximate surface area is 157 Å². The lowest BCUT2D eigenvalue weighted by Gasteiger charge is -2.21. The number of carbonyl (C=O) groups is 3. The minimum Gasteiger partial charge on any atom is -0.461 e. The van der Waals surface area contributed by atoms with Gasteiger partial charge in [0.05, 0.1) is 28.4 Å². The summed E-state index contributed by atoms with van der Waals surface area (Å²) in [7, 11) is 3.20. The first-order chi connectivity index (χ1) is 12.8. The topological polar surface area (TPSA) is 137 Å². The van der Waals surface area contributed by atoms with Crippen LogP contribution in [0.2, 0.25) is 0 Å². The fourth-order valence-electron chi connectivity index (χ4n) is 2.30. The number of ether oxygens (including phenoxy) is 2. The lowest BCUT2D eigenvalue weighted by Crippen LogP contribution is -2.48. The number of hydrogen-bond donors (Lipinski definition) is 2. The van der Waals surface area contributed by atoms with E-state index in [2.05, 4.69) is 15.1 Å². The molecule has 10 nitrogen and oxygen atoms in total. The molecule has 10 heteroatoms. The van der Waals surface area contributed by atoms with Gasteiger partial charge in [-0.2, -0.15) is 0 Å². The van der Waals surface area contributed by atoms with Crippen LogP contribution < -0.4 is 5.32 Å². The van der Waals surface area contributed by atoms with Crippen molar-refractivity contribution in [3.63, 3.8) is 0 Å². The SMILES string of the molecule is CO[C@@H](Cc1cn(C)cn1)C(=O)N[C@@H](CCC(=O)C=[N+]=N)C(=O)OC(C)C. The Kier molecular flexibility index (Phi) is 9.04. The molecular weight excluding hydrogens is 354 g/mol. The fourth-order valence-corrected chi connectivity index (χ4v) is 2.30. The Morgan fingerprint density at radius 3 is 2.63 bits per heavy atom. The summed E-state index contributed by atoms with van der Waals surface area (Å²) in [5, 5.41) is 2.58. The molecule has 148 valence electrons. The van der Waals surface area contributed by atoms with Crippen molar-refractivity contribution in [2.45, 2.75) is 51.4 Å². The molecule has 0 saturated carbocycles. The molecule has 0 spiro atoms. The van der Waals surface area contributed by atoms with Crippen molar-refractivity contribution in [3.8, 4) is 0 Å². The van der Waals surface area contributed by atoms with Crippen molar-refractivity contribution in [2.24, 2.45) is 7.05 Å². The molecule has 0 aliphatic carbocycles. The van der Waals surface area contributed by atoms with Gasteiger partial charge < -0.3 is 19.4 Å². The number of esters is 1. The number of imidazole rings is 1. The lowest BCUT2D eigenvalue weighted by molar-refractivity contribution is -0.152. The van der Waals surface area contributed by atoms with Crippen LogP contribution in [-0.4, -0.2) is 63.6 Å². The van der Waals surface area contributed by atoms with Crippen LogP contribution in [-0.2, 0) is 37.3 Å². The highest BCUT2D eigenvalue weighted by Gasteiger charge is 2.28. The van der Waals surface area contributed by atoms with Crippen LogP contribution in [0.4, 0.5) is 0 Å². The Hall–Kier alpha value is -2.84. The van der Waals surface area contributed by atoms with Crippen molar-refractivity contribution in [2.75, 3.05) is 7.11 Å². The number of ketones is 1. The smallest absolute Gasteiger partial charge is 0.372 e. The first-order valence-electron chi connectivity index (χ1n) is 8.50. The second kappa shape index (κ2) is 11.0. The van der Waals surface area contributed by atoms with E-state index in [4.69, 9.17) is 15.0 Å². The average Bonchev–Trinajstić information content (AvgIpc) is 3.00. The number of nitrogens with one attached hydrogen (secondary N) is 2. The molecule has 1 heterocycles. The normalized spacial score (nSPS) is 12.8. The summed E-state index contributed by atoms with van der Waals surface area (Å²) in [6.07, 6.45) is 3.23. The highest BCUT2D eigenvalue weighted by atomic mass is 16.5. The van der Waals surface area contributed by atoms with E-state index in [9.17, 15) is 14.4 Å². The van der Waals surface area contributed by atoms with Gasteiger partial charge in [-0.3, -0.25) is 9.59 Å². The monoisotopic (exact) mass is 380 g/mol. The Morgan fingerprint density at radius 1 is 1.41 bits per heavy atom. The van der Waals surface area contributed by atoms with Gasteiger partial charge in [-0.25, -0.2) is 9.78 Å². The van der Waals surface area contributed by atoms with Gasteiger partial charge in [0.25, 0.3) is 0 Å². The summed E-state index contributed by atoms with van der Waals surface area (Å²) in [5.74, 6) is -1.56. The van der Waals surface area contributed by atoms with Crippen molar-refractivity contribution in [3.05, 3.63) is 18.2 Å². The summed E-state index contributed by atoms with van der Waals surface area (Å²) in [4.78, 5) is 43.4. The first kappa shape index (κ1) is 22.2. The molecule has 0 radical (unpaired) electrons. The number of rotatable bonds is 11. The van der Waals surface area contributed by atoms with E-state index in [1.165, 1.54) is 7.11 Å². The Bertz CT molecular complexity index is 708. The largest absolute Gasteiger partial charge is 0.461 e. The molecule has 0 aliphatic heterocycles.